The first-order chi connectivity index (χ1) is 33.0. The predicted molar refractivity (Wildman–Crippen MR) is 288 cm³/mol. The van der Waals surface area contributed by atoms with Gasteiger partial charge in [0, 0.05) is 19.3 Å². The Hall–Kier alpha value is -3.41. The lowest BCUT2D eigenvalue weighted by molar-refractivity contribution is -0.167. The summed E-state index contributed by atoms with van der Waals surface area (Å²) >= 11 is 0. The van der Waals surface area contributed by atoms with Crippen molar-refractivity contribution in [2.24, 2.45) is 0 Å². The molecule has 0 aliphatic heterocycles. The Balaban J connectivity index is 4.40. The van der Waals surface area contributed by atoms with Crippen LogP contribution in [0.2, 0.25) is 0 Å². The third-order valence-electron chi connectivity index (χ3n) is 11.9. The zero-order valence-corrected chi connectivity index (χ0v) is 43.9. The maximum Gasteiger partial charge on any atom is 0.306 e. The molecule has 0 aromatic carbocycles. The van der Waals surface area contributed by atoms with Crippen molar-refractivity contribution in [3.05, 3.63) is 85.1 Å². The Morgan fingerprint density at radius 2 is 0.642 bits per heavy atom. The van der Waals surface area contributed by atoms with E-state index in [1.165, 1.54) is 116 Å². The number of ether oxygens (including phenoxy) is 3. The molecule has 0 heterocycles. The Bertz CT molecular complexity index is 1300. The molecule has 0 aromatic rings. The molecule has 0 saturated carbocycles. The van der Waals surface area contributed by atoms with Crippen LogP contribution in [0, 0.1) is 0 Å². The minimum atomic E-state index is -0.799. The van der Waals surface area contributed by atoms with E-state index in [9.17, 15) is 14.4 Å². The molecule has 0 spiro atoms. The largest absolute Gasteiger partial charge is 0.462 e. The predicted octanol–water partition coefficient (Wildman–Crippen LogP) is 18.8. The van der Waals surface area contributed by atoms with Gasteiger partial charge in [-0.25, -0.2) is 0 Å². The number of esters is 3. The minimum absolute atomic E-state index is 0.0998. The molecule has 0 fully saturated rings. The van der Waals surface area contributed by atoms with Crippen molar-refractivity contribution in [2.75, 3.05) is 13.2 Å². The van der Waals surface area contributed by atoms with Crippen molar-refractivity contribution in [2.45, 2.75) is 271 Å². The van der Waals surface area contributed by atoms with Gasteiger partial charge in [0.25, 0.3) is 0 Å². The van der Waals surface area contributed by atoms with Crippen LogP contribution in [0.25, 0.3) is 0 Å². The van der Waals surface area contributed by atoms with Crippen LogP contribution in [-0.4, -0.2) is 37.2 Å². The Morgan fingerprint density at radius 3 is 1.04 bits per heavy atom. The molecule has 0 aromatic heterocycles. The molecule has 0 N–H and O–H groups in total. The van der Waals surface area contributed by atoms with Crippen LogP contribution in [0.3, 0.4) is 0 Å². The number of rotatable bonds is 50. The van der Waals surface area contributed by atoms with Crippen LogP contribution in [0.1, 0.15) is 265 Å². The SMILES string of the molecule is CC/C=C\C/C=C\C/C=C\C/C=C\C/C=C\CCCCCC(=O)OCC(COC(=O)CCCCC/C=C\C=C/CCCC)OC(=O)CCCCCCCCCCCCCCCCCCCCC. The van der Waals surface area contributed by atoms with Gasteiger partial charge in [-0.3, -0.25) is 14.4 Å². The lowest BCUT2D eigenvalue weighted by atomic mass is 10.0. The lowest BCUT2D eigenvalue weighted by Gasteiger charge is -2.18. The monoisotopic (exact) mass is 933 g/mol. The first kappa shape index (κ1) is 63.6. The fraction of sp³-hybridized carbons (Fsp3) is 0.721. The molecular weight excluding hydrogens is 829 g/mol. The van der Waals surface area contributed by atoms with E-state index in [-0.39, 0.29) is 31.1 Å². The molecule has 0 bridgehead atoms. The lowest BCUT2D eigenvalue weighted by Crippen LogP contribution is -2.30. The summed E-state index contributed by atoms with van der Waals surface area (Å²) in [6, 6.07) is 0. The minimum Gasteiger partial charge on any atom is -0.462 e. The molecule has 6 heteroatoms. The first-order valence-electron chi connectivity index (χ1n) is 28.1. The number of carbonyl (C=O) groups excluding carboxylic acids is 3. The second-order valence-corrected chi connectivity index (χ2v) is 18.5. The van der Waals surface area contributed by atoms with E-state index in [1.807, 2.05) is 0 Å². The van der Waals surface area contributed by atoms with Gasteiger partial charge in [0.1, 0.15) is 13.2 Å². The zero-order valence-electron chi connectivity index (χ0n) is 43.9. The van der Waals surface area contributed by atoms with E-state index in [0.717, 1.165) is 109 Å². The molecular formula is C61H104O6. The Kier molecular flexibility index (Phi) is 52.4. The van der Waals surface area contributed by atoms with Crippen molar-refractivity contribution in [3.63, 3.8) is 0 Å². The van der Waals surface area contributed by atoms with E-state index in [2.05, 4.69) is 106 Å². The normalized spacial score (nSPS) is 12.7. The molecule has 384 valence electrons. The zero-order chi connectivity index (χ0) is 48.6. The van der Waals surface area contributed by atoms with Gasteiger partial charge >= 0.3 is 17.9 Å². The van der Waals surface area contributed by atoms with Crippen molar-refractivity contribution in [1.29, 1.82) is 0 Å². The third-order valence-corrected chi connectivity index (χ3v) is 11.9. The third kappa shape index (κ3) is 53.4. The smallest absolute Gasteiger partial charge is 0.306 e. The second-order valence-electron chi connectivity index (χ2n) is 18.5. The molecule has 6 nitrogen and oxygen atoms in total. The molecule has 0 rings (SSSR count). The van der Waals surface area contributed by atoms with Crippen molar-refractivity contribution >= 4 is 17.9 Å². The number of unbranched alkanes of at least 4 members (excludes halogenated alkanes) is 26. The summed E-state index contributed by atoms with van der Waals surface area (Å²) in [5.41, 5.74) is 0. The van der Waals surface area contributed by atoms with Crippen LogP contribution in [0.4, 0.5) is 0 Å². The number of hydrogen-bond acceptors (Lipinski definition) is 6. The summed E-state index contributed by atoms with van der Waals surface area (Å²) < 4.78 is 16.8. The van der Waals surface area contributed by atoms with Gasteiger partial charge in [-0.05, 0) is 83.5 Å². The van der Waals surface area contributed by atoms with Gasteiger partial charge in [-0.1, -0.05) is 247 Å². The Morgan fingerprint density at radius 1 is 0.328 bits per heavy atom. The van der Waals surface area contributed by atoms with E-state index in [1.54, 1.807) is 0 Å². The maximum absolute atomic E-state index is 12.8. The van der Waals surface area contributed by atoms with Crippen LogP contribution < -0.4 is 0 Å². The molecule has 67 heavy (non-hydrogen) atoms. The highest BCUT2D eigenvalue weighted by Crippen LogP contribution is 2.16. The molecule has 0 aliphatic carbocycles. The number of hydrogen-bond donors (Lipinski definition) is 0. The van der Waals surface area contributed by atoms with Crippen molar-refractivity contribution < 1.29 is 28.6 Å². The second kappa shape index (κ2) is 55.2. The molecule has 0 saturated heterocycles. The fourth-order valence-electron chi connectivity index (χ4n) is 7.68. The highest BCUT2D eigenvalue weighted by Gasteiger charge is 2.19. The summed E-state index contributed by atoms with van der Waals surface area (Å²) in [6.07, 6.45) is 71.5. The average Bonchev–Trinajstić information content (AvgIpc) is 3.33. The van der Waals surface area contributed by atoms with Gasteiger partial charge in [0.05, 0.1) is 0 Å². The number of carbonyl (C=O) groups is 3. The van der Waals surface area contributed by atoms with E-state index >= 15 is 0 Å². The summed E-state index contributed by atoms with van der Waals surface area (Å²) in [5, 5.41) is 0. The molecule has 1 atom stereocenters. The van der Waals surface area contributed by atoms with E-state index in [0.29, 0.717) is 19.3 Å². The van der Waals surface area contributed by atoms with Gasteiger partial charge < -0.3 is 14.2 Å². The summed E-state index contributed by atoms with van der Waals surface area (Å²) in [7, 11) is 0. The summed E-state index contributed by atoms with van der Waals surface area (Å²) in [5.74, 6) is -0.952. The molecule has 1 unspecified atom stereocenters. The quantitative estimate of drug-likeness (QED) is 0.0199. The fourth-order valence-corrected chi connectivity index (χ4v) is 7.68. The topological polar surface area (TPSA) is 78.9 Å². The van der Waals surface area contributed by atoms with Crippen LogP contribution >= 0.6 is 0 Å². The van der Waals surface area contributed by atoms with Crippen LogP contribution in [0.15, 0.2) is 85.1 Å². The summed E-state index contributed by atoms with van der Waals surface area (Å²) in [6.45, 7) is 6.44. The van der Waals surface area contributed by atoms with Gasteiger partial charge in [0.2, 0.25) is 0 Å². The average molecular weight is 933 g/mol. The van der Waals surface area contributed by atoms with Gasteiger partial charge in [-0.15, -0.1) is 0 Å². The molecule has 0 aliphatic rings. The van der Waals surface area contributed by atoms with Crippen molar-refractivity contribution in [1.82, 2.24) is 0 Å². The van der Waals surface area contributed by atoms with E-state index < -0.39 is 6.10 Å². The van der Waals surface area contributed by atoms with Crippen LogP contribution in [0.5, 0.6) is 0 Å². The van der Waals surface area contributed by atoms with Gasteiger partial charge in [-0.2, -0.15) is 0 Å². The molecule has 0 amide bonds. The van der Waals surface area contributed by atoms with Gasteiger partial charge in [0.15, 0.2) is 6.10 Å². The van der Waals surface area contributed by atoms with Crippen molar-refractivity contribution in [3.8, 4) is 0 Å². The summed E-state index contributed by atoms with van der Waals surface area (Å²) in [4.78, 5) is 38.1. The number of allylic oxidation sites excluding steroid dienone is 14. The maximum atomic E-state index is 12.8. The van der Waals surface area contributed by atoms with Crippen LogP contribution in [-0.2, 0) is 28.6 Å². The molecule has 0 radical (unpaired) electrons. The standard InChI is InChI=1S/C61H104O6/c1-4-7-10-13-16-19-22-24-26-28-30-32-34-36-39-42-45-48-51-54-60(63)66-57-58(56-65-59(62)53-50-47-44-41-38-21-18-15-12-9-6-3)67-61(64)55-52-49-46-43-40-37-35-33-31-29-27-25-23-20-17-14-11-8-5-2/h7,10,15-16,18-19,21,24,26,30,32,36,38-39,58H,4-6,8-9,11-14,17,20,22-23,25,27-29,31,33-35,37,40-57H2,1-3H3/b10-7-,18-15-,19-16-,26-24-,32-30-,38-21-,39-36-. The van der Waals surface area contributed by atoms with E-state index in [4.69, 9.17) is 14.2 Å². The Labute approximate surface area is 414 Å². The first-order valence-corrected chi connectivity index (χ1v) is 28.1. The highest BCUT2D eigenvalue weighted by atomic mass is 16.6. The highest BCUT2D eigenvalue weighted by molar-refractivity contribution is 5.71.